The molecule has 2 rings (SSSR count). The quantitative estimate of drug-likeness (QED) is 0.880. The summed E-state index contributed by atoms with van der Waals surface area (Å²) < 4.78 is 26.9. The first kappa shape index (κ1) is 16.3. The van der Waals surface area contributed by atoms with Crippen LogP contribution in [0.15, 0.2) is 48.5 Å². The van der Waals surface area contributed by atoms with Crippen molar-refractivity contribution in [3.63, 3.8) is 0 Å². The lowest BCUT2D eigenvalue weighted by Gasteiger charge is -2.12. The number of nitrogens with one attached hydrogen (secondary N) is 2. The van der Waals surface area contributed by atoms with Gasteiger partial charge in [-0.05, 0) is 23.8 Å². The number of rotatable bonds is 5. The number of hydrogen-bond donors (Lipinski definition) is 2. The van der Waals surface area contributed by atoms with Crippen LogP contribution < -0.4 is 10.0 Å². The third-order valence-corrected chi connectivity index (χ3v) is 4.40. The fraction of sp³-hybridized carbons (Fsp3) is 0.133. The van der Waals surface area contributed by atoms with Crippen molar-refractivity contribution in [1.29, 1.82) is 0 Å². The highest BCUT2D eigenvalue weighted by atomic mass is 35.5. The molecule has 7 heteroatoms. The SMILES string of the molecule is CNC(=O)c1cc(Cl)ccc1NS(=O)(=O)Cc1ccccc1. The van der Waals surface area contributed by atoms with Crippen LogP contribution in [0.25, 0.3) is 0 Å². The lowest BCUT2D eigenvalue weighted by Crippen LogP contribution is -2.22. The number of anilines is 1. The van der Waals surface area contributed by atoms with Crippen LogP contribution >= 0.6 is 11.6 Å². The van der Waals surface area contributed by atoms with Gasteiger partial charge in [0.15, 0.2) is 0 Å². The van der Waals surface area contributed by atoms with Crippen molar-refractivity contribution in [2.24, 2.45) is 0 Å². The van der Waals surface area contributed by atoms with Gasteiger partial charge < -0.3 is 5.32 Å². The van der Waals surface area contributed by atoms with Crippen molar-refractivity contribution in [3.8, 4) is 0 Å². The Hall–Kier alpha value is -2.05. The number of hydrogen-bond acceptors (Lipinski definition) is 3. The van der Waals surface area contributed by atoms with Crippen molar-refractivity contribution < 1.29 is 13.2 Å². The van der Waals surface area contributed by atoms with Gasteiger partial charge in [-0.15, -0.1) is 0 Å². The molecule has 1 amide bonds. The van der Waals surface area contributed by atoms with Crippen molar-refractivity contribution >= 4 is 33.2 Å². The van der Waals surface area contributed by atoms with E-state index in [0.717, 1.165) is 0 Å². The number of carbonyl (C=O) groups excluding carboxylic acids is 1. The topological polar surface area (TPSA) is 75.3 Å². The zero-order valence-corrected chi connectivity index (χ0v) is 13.4. The Kier molecular flexibility index (Phi) is 5.05. The average Bonchev–Trinajstić information content (AvgIpc) is 2.48. The molecule has 0 aromatic heterocycles. The summed E-state index contributed by atoms with van der Waals surface area (Å²) in [4.78, 5) is 11.8. The third kappa shape index (κ3) is 4.22. The van der Waals surface area contributed by atoms with Crippen LogP contribution in [0.2, 0.25) is 5.02 Å². The van der Waals surface area contributed by atoms with Gasteiger partial charge in [-0.2, -0.15) is 0 Å². The molecule has 22 heavy (non-hydrogen) atoms. The molecule has 116 valence electrons. The highest BCUT2D eigenvalue weighted by Crippen LogP contribution is 2.22. The Bertz CT molecular complexity index is 777. The molecule has 0 radical (unpaired) electrons. The van der Waals surface area contributed by atoms with E-state index in [4.69, 9.17) is 11.6 Å². The highest BCUT2D eigenvalue weighted by molar-refractivity contribution is 7.91. The number of carbonyl (C=O) groups is 1. The second-order valence-electron chi connectivity index (χ2n) is 4.62. The molecule has 2 aromatic carbocycles. The van der Waals surface area contributed by atoms with E-state index in [1.54, 1.807) is 24.3 Å². The molecular formula is C15H15ClN2O3S. The Balaban J connectivity index is 2.28. The minimum absolute atomic E-state index is 0.173. The summed E-state index contributed by atoms with van der Waals surface area (Å²) in [5.41, 5.74) is 1.02. The maximum absolute atomic E-state index is 12.2. The molecule has 0 saturated carbocycles. The largest absolute Gasteiger partial charge is 0.355 e. The van der Waals surface area contributed by atoms with Gasteiger partial charge in [0, 0.05) is 12.1 Å². The lowest BCUT2D eigenvalue weighted by molar-refractivity contribution is 0.0964. The molecule has 0 atom stereocenters. The summed E-state index contributed by atoms with van der Waals surface area (Å²) in [6.45, 7) is 0. The van der Waals surface area contributed by atoms with Crippen LogP contribution in [0.5, 0.6) is 0 Å². The molecule has 0 unspecified atom stereocenters. The normalized spacial score (nSPS) is 11.0. The van der Waals surface area contributed by atoms with E-state index < -0.39 is 15.9 Å². The summed E-state index contributed by atoms with van der Waals surface area (Å²) in [5, 5.41) is 2.80. The van der Waals surface area contributed by atoms with Crippen molar-refractivity contribution in [2.45, 2.75) is 5.75 Å². The van der Waals surface area contributed by atoms with Crippen LogP contribution in [-0.2, 0) is 15.8 Å². The molecule has 0 aliphatic heterocycles. The van der Waals surface area contributed by atoms with Gasteiger partial charge in [-0.1, -0.05) is 41.9 Å². The summed E-state index contributed by atoms with van der Waals surface area (Å²) in [6.07, 6.45) is 0. The fourth-order valence-corrected chi connectivity index (χ4v) is 3.31. The predicted molar refractivity (Wildman–Crippen MR) is 87.5 cm³/mol. The first-order chi connectivity index (χ1) is 10.4. The van der Waals surface area contributed by atoms with E-state index >= 15 is 0 Å². The van der Waals surface area contributed by atoms with Gasteiger partial charge in [0.25, 0.3) is 5.91 Å². The molecule has 0 saturated heterocycles. The predicted octanol–water partition coefficient (Wildman–Crippen LogP) is 2.64. The number of amides is 1. The Labute approximate surface area is 134 Å². The van der Waals surface area contributed by atoms with E-state index in [1.807, 2.05) is 6.07 Å². The number of halogens is 1. The second kappa shape index (κ2) is 6.81. The van der Waals surface area contributed by atoms with Crippen molar-refractivity contribution in [3.05, 3.63) is 64.7 Å². The van der Waals surface area contributed by atoms with Crippen LogP contribution in [0.4, 0.5) is 5.69 Å². The van der Waals surface area contributed by atoms with Crippen LogP contribution in [0.1, 0.15) is 15.9 Å². The van der Waals surface area contributed by atoms with Crippen molar-refractivity contribution in [2.75, 3.05) is 11.8 Å². The zero-order valence-electron chi connectivity index (χ0n) is 11.8. The van der Waals surface area contributed by atoms with Crippen LogP contribution in [-0.4, -0.2) is 21.4 Å². The smallest absolute Gasteiger partial charge is 0.253 e. The van der Waals surface area contributed by atoms with E-state index in [2.05, 4.69) is 10.0 Å². The summed E-state index contributed by atoms with van der Waals surface area (Å²) >= 11 is 5.86. The molecule has 2 aromatic rings. The molecule has 0 heterocycles. The van der Waals surface area contributed by atoms with Crippen LogP contribution in [0.3, 0.4) is 0 Å². The third-order valence-electron chi connectivity index (χ3n) is 2.92. The Morgan fingerprint density at radius 2 is 1.82 bits per heavy atom. The van der Waals surface area contributed by atoms with E-state index in [-0.39, 0.29) is 17.0 Å². The summed E-state index contributed by atoms with van der Waals surface area (Å²) in [5.74, 6) is -0.594. The molecule has 0 bridgehead atoms. The first-order valence-electron chi connectivity index (χ1n) is 6.47. The maximum atomic E-state index is 12.2. The average molecular weight is 339 g/mol. The Morgan fingerprint density at radius 1 is 1.14 bits per heavy atom. The van der Waals surface area contributed by atoms with Crippen LogP contribution in [0, 0.1) is 0 Å². The number of sulfonamides is 1. The monoisotopic (exact) mass is 338 g/mol. The van der Waals surface area contributed by atoms with Gasteiger partial charge in [0.05, 0.1) is 17.0 Å². The Morgan fingerprint density at radius 3 is 2.45 bits per heavy atom. The zero-order chi connectivity index (χ0) is 16.2. The second-order valence-corrected chi connectivity index (χ2v) is 6.77. The minimum Gasteiger partial charge on any atom is -0.355 e. The highest BCUT2D eigenvalue weighted by Gasteiger charge is 2.17. The van der Waals surface area contributed by atoms with E-state index in [0.29, 0.717) is 10.6 Å². The standard InChI is InChI=1S/C15H15ClN2O3S/c1-17-15(19)13-9-12(16)7-8-14(13)18-22(20,21)10-11-5-3-2-4-6-11/h2-9,18H,10H2,1H3,(H,17,19). The molecular weight excluding hydrogens is 324 g/mol. The fourth-order valence-electron chi connectivity index (χ4n) is 1.93. The first-order valence-corrected chi connectivity index (χ1v) is 8.50. The maximum Gasteiger partial charge on any atom is 0.253 e. The molecule has 0 spiro atoms. The summed E-state index contributed by atoms with van der Waals surface area (Å²) in [7, 11) is -2.17. The number of benzene rings is 2. The summed E-state index contributed by atoms with van der Waals surface area (Å²) in [6, 6.07) is 13.2. The molecule has 2 N–H and O–H groups in total. The molecule has 0 fully saturated rings. The minimum atomic E-state index is -3.64. The molecule has 0 aliphatic carbocycles. The van der Waals surface area contributed by atoms with Gasteiger partial charge in [-0.25, -0.2) is 8.42 Å². The van der Waals surface area contributed by atoms with Crippen molar-refractivity contribution in [1.82, 2.24) is 5.32 Å². The van der Waals surface area contributed by atoms with Gasteiger partial charge in [0.2, 0.25) is 10.0 Å². The van der Waals surface area contributed by atoms with Gasteiger partial charge >= 0.3 is 0 Å². The molecule has 0 aliphatic rings. The van der Waals surface area contributed by atoms with E-state index in [1.165, 1.54) is 25.2 Å². The van der Waals surface area contributed by atoms with Gasteiger partial charge in [0.1, 0.15) is 0 Å². The van der Waals surface area contributed by atoms with E-state index in [9.17, 15) is 13.2 Å². The lowest BCUT2D eigenvalue weighted by atomic mass is 10.2. The molecule has 5 nitrogen and oxygen atoms in total. The van der Waals surface area contributed by atoms with Gasteiger partial charge in [-0.3, -0.25) is 9.52 Å².